The van der Waals surface area contributed by atoms with E-state index in [1.807, 2.05) is 6.92 Å². The van der Waals surface area contributed by atoms with Crippen molar-refractivity contribution in [2.45, 2.75) is 25.3 Å². The summed E-state index contributed by atoms with van der Waals surface area (Å²) in [7, 11) is 0. The number of fused-ring (bicyclic) bond motifs is 1. The molecule has 37 heavy (non-hydrogen) atoms. The Morgan fingerprint density at radius 3 is 2.78 bits per heavy atom. The van der Waals surface area contributed by atoms with Crippen LogP contribution in [-0.4, -0.2) is 39.7 Å². The molecule has 10 nitrogen and oxygen atoms in total. The lowest BCUT2D eigenvalue weighted by Gasteiger charge is -2.16. The van der Waals surface area contributed by atoms with Gasteiger partial charge in [0.25, 0.3) is 5.56 Å². The third-order valence-corrected chi connectivity index (χ3v) is 7.10. The number of benzene rings is 1. The topological polar surface area (TPSA) is 133 Å². The summed E-state index contributed by atoms with van der Waals surface area (Å²) in [4.78, 5) is 25.4. The van der Waals surface area contributed by atoms with E-state index in [0.717, 1.165) is 5.69 Å². The summed E-state index contributed by atoms with van der Waals surface area (Å²) < 4.78 is 18.3. The Bertz CT molecular complexity index is 1710. The minimum Gasteiger partial charge on any atom is -0.384 e. The number of imidazole rings is 1. The average molecular weight is 538 g/mol. The molecule has 0 saturated heterocycles. The Labute approximate surface area is 218 Å². The molecule has 5 heterocycles. The number of nitrogens with zero attached hydrogens (tertiary/aromatic N) is 7. The van der Waals surface area contributed by atoms with E-state index in [0.29, 0.717) is 40.6 Å². The fourth-order valence-corrected chi connectivity index (χ4v) is 5.24. The first-order chi connectivity index (χ1) is 17.8. The molecule has 13 heteroatoms. The Morgan fingerprint density at radius 1 is 1.19 bits per heavy atom. The number of aromatic amines is 1. The molecule has 0 spiro atoms. The molecule has 1 aliphatic rings. The van der Waals surface area contributed by atoms with Crippen molar-refractivity contribution in [2.24, 2.45) is 0 Å². The number of hydrogen-bond donors (Lipinski definition) is 2. The molecule has 0 saturated carbocycles. The van der Waals surface area contributed by atoms with E-state index in [1.54, 1.807) is 35.0 Å². The van der Waals surface area contributed by atoms with Crippen LogP contribution in [0, 0.1) is 5.82 Å². The van der Waals surface area contributed by atoms with Crippen LogP contribution in [0.2, 0.25) is 10.2 Å². The van der Waals surface area contributed by atoms with Gasteiger partial charge in [-0.3, -0.25) is 4.79 Å². The molecule has 0 aliphatic carbocycles. The SMILES string of the molecule is C[C@@H]1C[C@@H](c2ncc(-c3ccc(N)nc3Cl)[nH]2)n2c1cc(-c1c(-n3cnnn3)ccc(Cl)c1F)cc2=O. The van der Waals surface area contributed by atoms with Crippen molar-refractivity contribution in [1.82, 2.24) is 39.7 Å². The summed E-state index contributed by atoms with van der Waals surface area (Å²) in [5, 5.41) is 11.3. The van der Waals surface area contributed by atoms with E-state index in [4.69, 9.17) is 28.9 Å². The number of rotatable bonds is 4. The third-order valence-electron chi connectivity index (χ3n) is 6.52. The summed E-state index contributed by atoms with van der Waals surface area (Å²) in [6, 6.07) is 9.29. The molecular weight excluding hydrogens is 520 g/mol. The van der Waals surface area contributed by atoms with Crippen LogP contribution in [0.1, 0.15) is 36.8 Å². The van der Waals surface area contributed by atoms with Gasteiger partial charge < -0.3 is 15.3 Å². The second-order valence-electron chi connectivity index (χ2n) is 8.80. The molecule has 6 rings (SSSR count). The molecule has 0 bridgehead atoms. The van der Waals surface area contributed by atoms with Crippen molar-refractivity contribution in [3.8, 4) is 28.1 Å². The number of nitrogens with one attached hydrogen (secondary N) is 1. The van der Waals surface area contributed by atoms with Gasteiger partial charge in [-0.25, -0.2) is 14.4 Å². The van der Waals surface area contributed by atoms with Gasteiger partial charge in [0, 0.05) is 22.9 Å². The molecule has 4 aromatic heterocycles. The van der Waals surface area contributed by atoms with E-state index >= 15 is 4.39 Å². The van der Waals surface area contributed by atoms with Crippen LogP contribution in [0.15, 0.2) is 53.7 Å². The number of anilines is 1. The zero-order valence-corrected chi connectivity index (χ0v) is 20.7. The minimum absolute atomic E-state index is 0.00768. The standard InChI is InChI=1S/C24H18Cl2FN9O/c1-11-6-18(24-29-9-15(31-24)13-2-5-19(28)32-23(13)26)36-17(11)7-12(8-20(36)37)21-16(35-10-30-33-34-35)4-3-14(25)22(21)27/h2-5,7-11,18H,6H2,1H3,(H2,28,32)(H,29,31)/t11-,18+/m1/s1. The molecule has 5 aromatic rings. The summed E-state index contributed by atoms with van der Waals surface area (Å²) in [5.74, 6) is 0.248. The van der Waals surface area contributed by atoms with Crippen LogP contribution in [0.5, 0.6) is 0 Å². The van der Waals surface area contributed by atoms with Crippen LogP contribution < -0.4 is 11.3 Å². The van der Waals surface area contributed by atoms with Gasteiger partial charge in [-0.15, -0.1) is 5.10 Å². The van der Waals surface area contributed by atoms with E-state index in [2.05, 4.69) is 30.5 Å². The highest BCUT2D eigenvalue weighted by molar-refractivity contribution is 6.32. The molecule has 2 atom stereocenters. The number of nitrogen functional groups attached to an aromatic ring is 1. The predicted molar refractivity (Wildman–Crippen MR) is 136 cm³/mol. The molecule has 1 aliphatic heterocycles. The number of nitrogens with two attached hydrogens (primary N) is 1. The minimum atomic E-state index is -0.661. The normalized spacial score (nSPS) is 16.8. The highest BCUT2D eigenvalue weighted by Gasteiger charge is 2.33. The molecule has 186 valence electrons. The maximum atomic E-state index is 15.3. The first-order valence-electron chi connectivity index (χ1n) is 11.3. The molecule has 0 radical (unpaired) electrons. The van der Waals surface area contributed by atoms with Crippen molar-refractivity contribution >= 4 is 29.0 Å². The van der Waals surface area contributed by atoms with Gasteiger partial charge in [0.1, 0.15) is 23.1 Å². The van der Waals surface area contributed by atoms with Gasteiger partial charge in [0.15, 0.2) is 5.82 Å². The maximum Gasteiger partial charge on any atom is 0.252 e. The first-order valence-corrected chi connectivity index (χ1v) is 12.0. The molecular formula is C24H18Cl2FN9O. The molecule has 0 unspecified atom stereocenters. The van der Waals surface area contributed by atoms with Gasteiger partial charge >= 0.3 is 0 Å². The fourth-order valence-electron chi connectivity index (χ4n) is 4.82. The van der Waals surface area contributed by atoms with Crippen LogP contribution in [0.4, 0.5) is 10.2 Å². The predicted octanol–water partition coefficient (Wildman–Crippen LogP) is 4.40. The summed E-state index contributed by atoms with van der Waals surface area (Å²) in [5.41, 5.74) is 8.35. The number of aromatic nitrogens is 8. The zero-order valence-electron chi connectivity index (χ0n) is 19.2. The van der Waals surface area contributed by atoms with Gasteiger partial charge in [-0.1, -0.05) is 30.1 Å². The maximum absolute atomic E-state index is 15.3. The Hall–Kier alpha value is -4.09. The van der Waals surface area contributed by atoms with Crippen molar-refractivity contribution < 1.29 is 4.39 Å². The molecule has 3 N–H and O–H groups in total. The summed E-state index contributed by atoms with van der Waals surface area (Å²) >= 11 is 12.4. The fraction of sp³-hybridized carbons (Fsp3) is 0.167. The molecule has 1 aromatic carbocycles. The average Bonchev–Trinajstić information content (AvgIpc) is 3.62. The lowest BCUT2D eigenvalue weighted by Crippen LogP contribution is -2.24. The van der Waals surface area contributed by atoms with Crippen molar-refractivity contribution in [3.63, 3.8) is 0 Å². The van der Waals surface area contributed by atoms with Gasteiger partial charge in [0.2, 0.25) is 0 Å². The highest BCUT2D eigenvalue weighted by Crippen LogP contribution is 2.41. The molecule has 0 fully saturated rings. The number of H-pyrrole nitrogens is 1. The highest BCUT2D eigenvalue weighted by atomic mass is 35.5. The second-order valence-corrected chi connectivity index (χ2v) is 9.56. The van der Waals surface area contributed by atoms with Crippen molar-refractivity contribution in [3.05, 3.63) is 86.8 Å². The van der Waals surface area contributed by atoms with Crippen LogP contribution in [0.3, 0.4) is 0 Å². The smallest absolute Gasteiger partial charge is 0.252 e. The third kappa shape index (κ3) is 3.87. The first kappa shape index (κ1) is 23.3. The number of halogens is 3. The Morgan fingerprint density at radius 2 is 2.03 bits per heavy atom. The second kappa shape index (κ2) is 8.79. The van der Waals surface area contributed by atoms with Crippen LogP contribution in [-0.2, 0) is 0 Å². The summed E-state index contributed by atoms with van der Waals surface area (Å²) in [6.45, 7) is 2.01. The number of tetrazole rings is 1. The van der Waals surface area contributed by atoms with Gasteiger partial charge in [-0.05, 0) is 58.7 Å². The number of pyridine rings is 2. The van der Waals surface area contributed by atoms with Gasteiger partial charge in [-0.2, -0.15) is 4.68 Å². The quantitative estimate of drug-likeness (QED) is 0.324. The summed E-state index contributed by atoms with van der Waals surface area (Å²) in [6.07, 6.45) is 3.62. The van der Waals surface area contributed by atoms with Crippen molar-refractivity contribution in [2.75, 3.05) is 5.73 Å². The van der Waals surface area contributed by atoms with Crippen LogP contribution in [0.25, 0.3) is 28.1 Å². The van der Waals surface area contributed by atoms with E-state index in [-0.39, 0.29) is 33.3 Å². The van der Waals surface area contributed by atoms with E-state index < -0.39 is 5.82 Å². The number of hydrogen-bond acceptors (Lipinski definition) is 7. The Kier molecular flexibility index (Phi) is 5.54. The lowest BCUT2D eigenvalue weighted by atomic mass is 9.99. The van der Waals surface area contributed by atoms with Crippen LogP contribution >= 0.6 is 23.2 Å². The van der Waals surface area contributed by atoms with E-state index in [1.165, 1.54) is 23.1 Å². The largest absolute Gasteiger partial charge is 0.384 e. The van der Waals surface area contributed by atoms with Gasteiger partial charge in [0.05, 0.1) is 28.6 Å². The van der Waals surface area contributed by atoms with Crippen molar-refractivity contribution in [1.29, 1.82) is 0 Å². The monoisotopic (exact) mass is 537 g/mol. The zero-order chi connectivity index (χ0) is 25.8. The Balaban J connectivity index is 1.44. The molecule has 0 amide bonds. The van der Waals surface area contributed by atoms with E-state index in [9.17, 15) is 4.79 Å². The lowest BCUT2D eigenvalue weighted by molar-refractivity contribution is 0.557.